The number of nitrogens with zero attached hydrogens (tertiary/aromatic N) is 1. The Labute approximate surface area is 88.3 Å². The molecule has 1 fully saturated rings. The minimum absolute atomic E-state index is 0.746. The Bertz CT molecular complexity index is 289. The normalized spacial score (nSPS) is 28.8. The Balaban J connectivity index is 1.98. The van der Waals surface area contributed by atoms with Gasteiger partial charge in [0.1, 0.15) is 0 Å². The van der Waals surface area contributed by atoms with E-state index in [1.807, 2.05) is 6.07 Å². The van der Waals surface area contributed by atoms with E-state index in [-0.39, 0.29) is 0 Å². The monoisotopic (exact) mass is 215 g/mol. The highest BCUT2D eigenvalue weighted by Gasteiger charge is 2.31. The van der Waals surface area contributed by atoms with Crippen LogP contribution < -0.4 is 0 Å². The maximum Gasteiger partial charge on any atom is 0.0931 e. The van der Waals surface area contributed by atoms with Crippen molar-refractivity contribution >= 4 is 22.9 Å². The Morgan fingerprint density at radius 1 is 1.46 bits per heavy atom. The van der Waals surface area contributed by atoms with Crippen molar-refractivity contribution in [1.82, 2.24) is 4.90 Å². The molecule has 1 saturated heterocycles. The van der Waals surface area contributed by atoms with Crippen LogP contribution in [0.2, 0.25) is 4.34 Å². The molecule has 2 unspecified atom stereocenters. The van der Waals surface area contributed by atoms with Gasteiger partial charge in [0.2, 0.25) is 0 Å². The van der Waals surface area contributed by atoms with Gasteiger partial charge in [0.15, 0.2) is 0 Å². The van der Waals surface area contributed by atoms with Crippen LogP contribution in [0.4, 0.5) is 0 Å². The first-order chi connectivity index (χ1) is 6.16. The molecule has 1 aromatic rings. The second-order valence-corrected chi connectivity index (χ2v) is 5.61. The van der Waals surface area contributed by atoms with Gasteiger partial charge in [-0.1, -0.05) is 11.6 Å². The van der Waals surface area contributed by atoms with Crippen molar-refractivity contribution in [2.45, 2.75) is 38.9 Å². The molecule has 1 aliphatic heterocycles. The number of hydrogen-bond acceptors (Lipinski definition) is 2. The molecule has 2 atom stereocenters. The van der Waals surface area contributed by atoms with Crippen LogP contribution in [0, 0.1) is 0 Å². The molecule has 2 heterocycles. The fraction of sp³-hybridized carbons (Fsp3) is 0.600. The van der Waals surface area contributed by atoms with Crippen LogP contribution in [-0.2, 0) is 6.54 Å². The van der Waals surface area contributed by atoms with Crippen LogP contribution in [-0.4, -0.2) is 17.0 Å². The summed E-state index contributed by atoms with van der Waals surface area (Å²) in [5.74, 6) is 0. The smallest absolute Gasteiger partial charge is 0.0931 e. The molecule has 1 aliphatic rings. The lowest BCUT2D eigenvalue weighted by Gasteiger charge is -2.45. The predicted octanol–water partition coefficient (Wildman–Crippen LogP) is 3.38. The highest BCUT2D eigenvalue weighted by Crippen LogP contribution is 2.30. The number of likely N-dealkylation sites (tertiary alicyclic amines) is 1. The molecule has 0 bridgehead atoms. The standard InChI is InChI=1S/C10H14ClNS/c1-7-5-8(2)12(7)6-9-3-4-10(11)13-9/h3-4,7-8H,5-6H2,1-2H3. The van der Waals surface area contributed by atoms with Gasteiger partial charge in [-0.15, -0.1) is 11.3 Å². The van der Waals surface area contributed by atoms with Gasteiger partial charge in [0.25, 0.3) is 0 Å². The summed E-state index contributed by atoms with van der Waals surface area (Å²) in [5, 5.41) is 0. The van der Waals surface area contributed by atoms with Gasteiger partial charge in [0, 0.05) is 23.5 Å². The minimum Gasteiger partial charge on any atom is -0.293 e. The lowest BCUT2D eigenvalue weighted by Crippen LogP contribution is -2.51. The van der Waals surface area contributed by atoms with Crippen molar-refractivity contribution in [1.29, 1.82) is 0 Å². The van der Waals surface area contributed by atoms with Gasteiger partial charge in [-0.05, 0) is 32.4 Å². The van der Waals surface area contributed by atoms with Gasteiger partial charge >= 0.3 is 0 Å². The number of hydrogen-bond donors (Lipinski definition) is 0. The van der Waals surface area contributed by atoms with Crippen LogP contribution in [0.3, 0.4) is 0 Å². The number of thiophene rings is 1. The first-order valence-corrected chi connectivity index (χ1v) is 5.86. The molecule has 0 saturated carbocycles. The van der Waals surface area contributed by atoms with Crippen molar-refractivity contribution in [3.8, 4) is 0 Å². The van der Waals surface area contributed by atoms with E-state index in [1.165, 1.54) is 11.3 Å². The molecule has 0 spiro atoms. The van der Waals surface area contributed by atoms with E-state index >= 15 is 0 Å². The molecule has 3 heteroatoms. The average Bonchev–Trinajstić information content (AvgIpc) is 2.48. The lowest BCUT2D eigenvalue weighted by atomic mass is 9.96. The fourth-order valence-electron chi connectivity index (χ4n) is 1.99. The summed E-state index contributed by atoms with van der Waals surface area (Å²) in [5.41, 5.74) is 0. The maximum absolute atomic E-state index is 5.88. The highest BCUT2D eigenvalue weighted by atomic mass is 35.5. The topological polar surface area (TPSA) is 3.24 Å². The summed E-state index contributed by atoms with van der Waals surface area (Å²) in [4.78, 5) is 3.89. The van der Waals surface area contributed by atoms with Gasteiger partial charge < -0.3 is 0 Å². The zero-order chi connectivity index (χ0) is 9.42. The second-order valence-electron chi connectivity index (χ2n) is 3.81. The van der Waals surface area contributed by atoms with E-state index in [0.717, 1.165) is 23.0 Å². The van der Waals surface area contributed by atoms with E-state index < -0.39 is 0 Å². The zero-order valence-corrected chi connectivity index (χ0v) is 9.53. The number of halogens is 1. The van der Waals surface area contributed by atoms with Crippen molar-refractivity contribution in [3.63, 3.8) is 0 Å². The lowest BCUT2D eigenvalue weighted by molar-refractivity contribution is 0.0306. The molecule has 13 heavy (non-hydrogen) atoms. The molecular weight excluding hydrogens is 202 g/mol. The molecule has 0 radical (unpaired) electrons. The van der Waals surface area contributed by atoms with Crippen molar-refractivity contribution < 1.29 is 0 Å². The number of rotatable bonds is 2. The third kappa shape index (κ3) is 1.90. The van der Waals surface area contributed by atoms with E-state index in [4.69, 9.17) is 11.6 Å². The summed E-state index contributed by atoms with van der Waals surface area (Å²) in [6.07, 6.45) is 1.33. The Morgan fingerprint density at radius 2 is 2.15 bits per heavy atom. The summed E-state index contributed by atoms with van der Waals surface area (Å²) < 4.78 is 0.899. The SMILES string of the molecule is CC1CC(C)N1Cc1ccc(Cl)s1. The summed E-state index contributed by atoms with van der Waals surface area (Å²) in [6.45, 7) is 5.64. The molecule has 1 nitrogen and oxygen atoms in total. The quantitative estimate of drug-likeness (QED) is 0.731. The zero-order valence-electron chi connectivity index (χ0n) is 7.96. The summed E-state index contributed by atoms with van der Waals surface area (Å²) in [7, 11) is 0. The first-order valence-electron chi connectivity index (χ1n) is 4.67. The van der Waals surface area contributed by atoms with E-state index in [1.54, 1.807) is 11.3 Å². The Hall–Kier alpha value is -0.0500. The fourth-order valence-corrected chi connectivity index (χ4v) is 3.09. The predicted molar refractivity (Wildman–Crippen MR) is 58.4 cm³/mol. The average molecular weight is 216 g/mol. The largest absolute Gasteiger partial charge is 0.293 e. The molecule has 0 N–H and O–H groups in total. The molecule has 0 aromatic carbocycles. The highest BCUT2D eigenvalue weighted by molar-refractivity contribution is 7.16. The molecule has 1 aromatic heterocycles. The minimum atomic E-state index is 0.746. The first kappa shape index (κ1) is 9.50. The van der Waals surface area contributed by atoms with Crippen molar-refractivity contribution in [3.05, 3.63) is 21.3 Å². The van der Waals surface area contributed by atoms with Crippen LogP contribution in [0.1, 0.15) is 25.1 Å². The summed E-state index contributed by atoms with van der Waals surface area (Å²) in [6, 6.07) is 5.60. The molecule has 0 amide bonds. The summed E-state index contributed by atoms with van der Waals surface area (Å²) >= 11 is 7.57. The van der Waals surface area contributed by atoms with Gasteiger partial charge in [-0.2, -0.15) is 0 Å². The maximum atomic E-state index is 5.88. The van der Waals surface area contributed by atoms with E-state index in [2.05, 4.69) is 24.8 Å². The van der Waals surface area contributed by atoms with Crippen LogP contribution in [0.25, 0.3) is 0 Å². The molecule has 0 aliphatic carbocycles. The van der Waals surface area contributed by atoms with Gasteiger partial charge in [-0.25, -0.2) is 0 Å². The van der Waals surface area contributed by atoms with E-state index in [0.29, 0.717) is 0 Å². The van der Waals surface area contributed by atoms with E-state index in [9.17, 15) is 0 Å². The van der Waals surface area contributed by atoms with Gasteiger partial charge in [0.05, 0.1) is 4.34 Å². The van der Waals surface area contributed by atoms with Crippen LogP contribution >= 0.6 is 22.9 Å². The molecular formula is C10H14ClNS. The van der Waals surface area contributed by atoms with Crippen LogP contribution in [0.5, 0.6) is 0 Å². The van der Waals surface area contributed by atoms with Crippen molar-refractivity contribution in [2.75, 3.05) is 0 Å². The van der Waals surface area contributed by atoms with Gasteiger partial charge in [-0.3, -0.25) is 4.90 Å². The third-order valence-electron chi connectivity index (χ3n) is 2.78. The molecule has 2 rings (SSSR count). The third-order valence-corrected chi connectivity index (χ3v) is 4.00. The second kappa shape index (κ2) is 3.60. The Kier molecular flexibility index (Phi) is 2.63. The van der Waals surface area contributed by atoms with Crippen LogP contribution in [0.15, 0.2) is 12.1 Å². The Morgan fingerprint density at radius 3 is 2.62 bits per heavy atom. The molecule has 72 valence electrons. The van der Waals surface area contributed by atoms with Crippen molar-refractivity contribution in [2.24, 2.45) is 0 Å².